The van der Waals surface area contributed by atoms with Crippen LogP contribution in [0.5, 0.6) is 0 Å². The number of carbonyl (C=O) groups excluding carboxylic acids is 1. The van der Waals surface area contributed by atoms with Crippen molar-refractivity contribution in [1.82, 2.24) is 19.3 Å². The Balaban J connectivity index is 1.44. The minimum Gasteiger partial charge on any atom is -0.408 e. The predicted octanol–water partition coefficient (Wildman–Crippen LogP) is 1.33. The first-order valence-electron chi connectivity index (χ1n) is 8.35. The maximum atomic E-state index is 12.2. The van der Waals surface area contributed by atoms with E-state index in [-0.39, 0.29) is 18.0 Å². The molecule has 0 aliphatic heterocycles. The van der Waals surface area contributed by atoms with E-state index in [9.17, 15) is 14.4 Å². The fourth-order valence-corrected chi connectivity index (χ4v) is 3.93. The smallest absolute Gasteiger partial charge is 0.408 e. The fourth-order valence-electron chi connectivity index (χ4n) is 2.95. The van der Waals surface area contributed by atoms with E-state index < -0.39 is 5.76 Å². The van der Waals surface area contributed by atoms with E-state index in [1.165, 1.54) is 22.0 Å². The molecule has 0 aliphatic rings. The number of amides is 1. The van der Waals surface area contributed by atoms with Gasteiger partial charge in [0, 0.05) is 35.8 Å². The van der Waals surface area contributed by atoms with Gasteiger partial charge in [-0.25, -0.2) is 9.78 Å². The highest BCUT2D eigenvalue weighted by atomic mass is 32.1. The van der Waals surface area contributed by atoms with Crippen LogP contribution in [0.2, 0.25) is 0 Å². The number of hydrogen-bond donors (Lipinski definition) is 1. The van der Waals surface area contributed by atoms with Crippen LogP contribution in [0.1, 0.15) is 11.4 Å². The molecule has 1 aromatic carbocycles. The van der Waals surface area contributed by atoms with Gasteiger partial charge < -0.3 is 9.73 Å². The maximum absolute atomic E-state index is 12.2. The summed E-state index contributed by atoms with van der Waals surface area (Å²) in [6.07, 6.45) is 0.484. The van der Waals surface area contributed by atoms with Crippen LogP contribution in [0.25, 0.3) is 16.1 Å². The van der Waals surface area contributed by atoms with E-state index in [1.807, 2.05) is 5.38 Å². The summed E-state index contributed by atoms with van der Waals surface area (Å²) in [5.41, 5.74) is 2.37. The van der Waals surface area contributed by atoms with E-state index in [0.29, 0.717) is 34.7 Å². The lowest BCUT2D eigenvalue weighted by atomic mass is 10.3. The third-order valence-electron chi connectivity index (χ3n) is 4.18. The molecule has 4 aromatic rings. The average Bonchev–Trinajstić information content (AvgIpc) is 3.16. The molecule has 138 valence electrons. The van der Waals surface area contributed by atoms with Gasteiger partial charge in [-0.2, -0.15) is 0 Å². The number of aromatic nitrogens is 3. The molecule has 3 heterocycles. The summed E-state index contributed by atoms with van der Waals surface area (Å²) in [6.45, 7) is 2.00. The van der Waals surface area contributed by atoms with E-state index >= 15 is 0 Å². The molecule has 0 spiro atoms. The molecule has 9 heteroatoms. The number of para-hydroxylation sites is 2. The molecule has 1 amide bonds. The minimum atomic E-state index is -0.567. The third-order valence-corrected chi connectivity index (χ3v) is 5.06. The Morgan fingerprint density at radius 2 is 2.11 bits per heavy atom. The standard InChI is InChI=1S/C18H16N4O4S/c1-11-8-16(24)22-12(10-27-17(22)20-11)6-7-19-15(23)9-21-13-4-2-3-5-14(13)26-18(21)25/h2-5,8,10H,6-7,9H2,1H3,(H,19,23). The first-order chi connectivity index (χ1) is 13.0. The molecule has 0 bridgehead atoms. The van der Waals surface area contributed by atoms with Crippen LogP contribution in [0.15, 0.2) is 49.7 Å². The van der Waals surface area contributed by atoms with Gasteiger partial charge in [-0.3, -0.25) is 18.6 Å². The summed E-state index contributed by atoms with van der Waals surface area (Å²) >= 11 is 1.39. The van der Waals surface area contributed by atoms with Gasteiger partial charge in [0.1, 0.15) is 6.54 Å². The van der Waals surface area contributed by atoms with E-state index in [0.717, 1.165) is 5.69 Å². The number of thiazole rings is 1. The van der Waals surface area contributed by atoms with Gasteiger partial charge >= 0.3 is 5.76 Å². The van der Waals surface area contributed by atoms with Crippen molar-refractivity contribution >= 4 is 33.3 Å². The Kier molecular flexibility index (Phi) is 4.36. The number of hydrogen-bond acceptors (Lipinski definition) is 6. The largest absolute Gasteiger partial charge is 0.420 e. The molecular formula is C18H16N4O4S. The van der Waals surface area contributed by atoms with Gasteiger partial charge in [-0.05, 0) is 19.1 Å². The lowest BCUT2D eigenvalue weighted by Crippen LogP contribution is -2.32. The van der Waals surface area contributed by atoms with Crippen molar-refractivity contribution in [3.63, 3.8) is 0 Å². The molecule has 0 atom stereocenters. The number of rotatable bonds is 5. The lowest BCUT2D eigenvalue weighted by Gasteiger charge is -2.06. The molecule has 0 radical (unpaired) electrons. The number of fused-ring (bicyclic) bond motifs is 2. The van der Waals surface area contributed by atoms with Crippen LogP contribution in [0.3, 0.4) is 0 Å². The highest BCUT2D eigenvalue weighted by Crippen LogP contribution is 2.13. The molecule has 0 saturated carbocycles. The van der Waals surface area contributed by atoms with Gasteiger partial charge in [0.2, 0.25) is 5.91 Å². The highest BCUT2D eigenvalue weighted by Gasteiger charge is 2.13. The Labute approximate surface area is 156 Å². The van der Waals surface area contributed by atoms with Crippen molar-refractivity contribution < 1.29 is 9.21 Å². The fraction of sp³-hybridized carbons (Fsp3) is 0.222. The van der Waals surface area contributed by atoms with E-state index in [2.05, 4.69) is 10.3 Å². The zero-order valence-electron chi connectivity index (χ0n) is 14.5. The van der Waals surface area contributed by atoms with Crippen molar-refractivity contribution in [3.8, 4) is 0 Å². The second kappa shape index (κ2) is 6.84. The Bertz CT molecular complexity index is 1260. The number of carbonyl (C=O) groups is 1. The molecule has 4 rings (SSSR count). The van der Waals surface area contributed by atoms with Gasteiger partial charge in [0.05, 0.1) is 5.52 Å². The zero-order valence-corrected chi connectivity index (χ0v) is 15.3. The number of oxazole rings is 1. The van der Waals surface area contributed by atoms with Gasteiger partial charge in [0.15, 0.2) is 10.5 Å². The summed E-state index contributed by atoms with van der Waals surface area (Å²) in [6, 6.07) is 8.44. The summed E-state index contributed by atoms with van der Waals surface area (Å²) in [5.74, 6) is -0.868. The van der Waals surface area contributed by atoms with Crippen molar-refractivity contribution in [1.29, 1.82) is 0 Å². The number of nitrogens with one attached hydrogen (secondary N) is 1. The Hall–Kier alpha value is -3.20. The topological polar surface area (TPSA) is 98.6 Å². The van der Waals surface area contributed by atoms with Crippen LogP contribution in [-0.2, 0) is 17.8 Å². The van der Waals surface area contributed by atoms with Crippen LogP contribution in [-0.4, -0.2) is 26.4 Å². The SMILES string of the molecule is Cc1cc(=O)n2c(CCNC(=O)Cn3c(=O)oc4ccccc43)csc2n1. The second-order valence-corrected chi connectivity index (χ2v) is 6.94. The molecule has 1 N–H and O–H groups in total. The first kappa shape index (κ1) is 17.2. The number of benzene rings is 1. The molecule has 27 heavy (non-hydrogen) atoms. The maximum Gasteiger partial charge on any atom is 0.420 e. The van der Waals surface area contributed by atoms with Gasteiger partial charge in [-0.1, -0.05) is 12.1 Å². The van der Waals surface area contributed by atoms with Crippen LogP contribution in [0.4, 0.5) is 0 Å². The Morgan fingerprint density at radius 1 is 1.30 bits per heavy atom. The third kappa shape index (κ3) is 3.28. The summed E-state index contributed by atoms with van der Waals surface area (Å²) < 4.78 is 7.97. The van der Waals surface area contributed by atoms with Crippen molar-refractivity contribution in [2.75, 3.05) is 6.54 Å². The highest BCUT2D eigenvalue weighted by molar-refractivity contribution is 7.15. The van der Waals surface area contributed by atoms with Crippen LogP contribution < -0.4 is 16.6 Å². The average molecular weight is 384 g/mol. The van der Waals surface area contributed by atoms with Gasteiger partial charge in [-0.15, -0.1) is 11.3 Å². The summed E-state index contributed by atoms with van der Waals surface area (Å²) in [4.78, 5) is 41.3. The van der Waals surface area contributed by atoms with Crippen molar-refractivity contribution in [2.45, 2.75) is 19.9 Å². The summed E-state index contributed by atoms with van der Waals surface area (Å²) in [7, 11) is 0. The molecule has 0 fully saturated rings. The Morgan fingerprint density at radius 3 is 2.96 bits per heavy atom. The molecule has 8 nitrogen and oxygen atoms in total. The predicted molar refractivity (Wildman–Crippen MR) is 101 cm³/mol. The first-order valence-corrected chi connectivity index (χ1v) is 9.23. The molecule has 3 aromatic heterocycles. The summed E-state index contributed by atoms with van der Waals surface area (Å²) in [5, 5.41) is 4.64. The van der Waals surface area contributed by atoms with Crippen LogP contribution >= 0.6 is 11.3 Å². The monoisotopic (exact) mass is 384 g/mol. The second-order valence-electron chi connectivity index (χ2n) is 6.10. The quantitative estimate of drug-likeness (QED) is 0.560. The van der Waals surface area contributed by atoms with Gasteiger partial charge in [0.25, 0.3) is 5.56 Å². The van der Waals surface area contributed by atoms with E-state index in [1.54, 1.807) is 35.6 Å². The van der Waals surface area contributed by atoms with Crippen molar-refractivity contribution in [2.24, 2.45) is 0 Å². The zero-order chi connectivity index (χ0) is 19.0. The van der Waals surface area contributed by atoms with Crippen LogP contribution in [0, 0.1) is 6.92 Å². The normalized spacial score (nSPS) is 11.3. The molecule has 0 unspecified atom stereocenters. The molecule has 0 aliphatic carbocycles. The van der Waals surface area contributed by atoms with Crippen molar-refractivity contribution in [3.05, 3.63) is 68.0 Å². The minimum absolute atomic E-state index is 0.124. The lowest BCUT2D eigenvalue weighted by molar-refractivity contribution is -0.121. The number of nitrogens with zero attached hydrogens (tertiary/aromatic N) is 3. The molecular weight excluding hydrogens is 368 g/mol. The van der Waals surface area contributed by atoms with E-state index in [4.69, 9.17) is 4.42 Å². The number of aryl methyl sites for hydroxylation is 1. The molecule has 0 saturated heterocycles.